The average molecular weight is 219 g/mol. The van der Waals surface area contributed by atoms with Crippen LogP contribution in [0.4, 0.5) is 5.69 Å². The third-order valence-electron chi connectivity index (χ3n) is 3.14. The van der Waals surface area contributed by atoms with Crippen LogP contribution in [-0.2, 0) is 4.79 Å². The highest BCUT2D eigenvalue weighted by Crippen LogP contribution is 2.19. The van der Waals surface area contributed by atoms with Crippen LogP contribution in [0.3, 0.4) is 0 Å². The average Bonchev–Trinajstić information content (AvgIpc) is 2.68. The van der Waals surface area contributed by atoms with Gasteiger partial charge in [-0.25, -0.2) is 0 Å². The quantitative estimate of drug-likeness (QED) is 0.789. The minimum atomic E-state index is 0.0764. The second-order valence-electron chi connectivity index (χ2n) is 4.32. The molecule has 2 atom stereocenters. The zero-order valence-electron chi connectivity index (χ0n) is 9.66. The van der Waals surface area contributed by atoms with Gasteiger partial charge in [-0.2, -0.15) is 0 Å². The zero-order chi connectivity index (χ0) is 11.5. The lowest BCUT2D eigenvalue weighted by Gasteiger charge is -2.15. The van der Waals surface area contributed by atoms with Crippen molar-refractivity contribution in [1.29, 1.82) is 0 Å². The Balaban J connectivity index is 2.05. The fourth-order valence-electron chi connectivity index (χ4n) is 2.06. The zero-order valence-corrected chi connectivity index (χ0v) is 9.66. The van der Waals surface area contributed by atoms with Crippen LogP contribution >= 0.6 is 0 Å². The number of aryl methyl sites for hydroxylation is 1. The largest absolute Gasteiger partial charge is 0.325 e. The van der Waals surface area contributed by atoms with Crippen LogP contribution in [0.1, 0.15) is 18.9 Å². The molecular formula is C12H17N3O. The molecule has 1 aromatic heterocycles. The summed E-state index contributed by atoms with van der Waals surface area (Å²) >= 11 is 0. The SMILES string of the molecule is Cc1cnccc1NC(=O)C1CCNC1C. The van der Waals surface area contributed by atoms with Crippen molar-refractivity contribution in [1.82, 2.24) is 10.3 Å². The summed E-state index contributed by atoms with van der Waals surface area (Å²) in [5.74, 6) is 0.180. The van der Waals surface area contributed by atoms with E-state index in [-0.39, 0.29) is 17.9 Å². The molecule has 2 N–H and O–H groups in total. The van der Waals surface area contributed by atoms with Gasteiger partial charge in [-0.05, 0) is 38.4 Å². The molecule has 16 heavy (non-hydrogen) atoms. The van der Waals surface area contributed by atoms with Gasteiger partial charge in [-0.3, -0.25) is 9.78 Å². The van der Waals surface area contributed by atoms with E-state index in [0.717, 1.165) is 24.2 Å². The van der Waals surface area contributed by atoms with E-state index in [1.807, 2.05) is 13.0 Å². The molecule has 4 heteroatoms. The van der Waals surface area contributed by atoms with Gasteiger partial charge in [0.25, 0.3) is 0 Å². The summed E-state index contributed by atoms with van der Waals surface area (Å²) in [6, 6.07) is 2.10. The van der Waals surface area contributed by atoms with E-state index in [2.05, 4.69) is 22.5 Å². The predicted octanol–water partition coefficient (Wildman–Crippen LogP) is 1.33. The van der Waals surface area contributed by atoms with Crippen molar-refractivity contribution < 1.29 is 4.79 Å². The van der Waals surface area contributed by atoms with Crippen LogP contribution in [0.2, 0.25) is 0 Å². The van der Waals surface area contributed by atoms with Gasteiger partial charge in [0, 0.05) is 24.1 Å². The summed E-state index contributed by atoms with van der Waals surface area (Å²) in [5.41, 5.74) is 1.86. The molecule has 1 fully saturated rings. The lowest BCUT2D eigenvalue weighted by atomic mass is 10.0. The normalized spacial score (nSPS) is 24.4. The summed E-state index contributed by atoms with van der Waals surface area (Å²) in [4.78, 5) is 16.0. The summed E-state index contributed by atoms with van der Waals surface area (Å²) < 4.78 is 0. The number of pyridine rings is 1. The number of hydrogen-bond acceptors (Lipinski definition) is 3. The summed E-state index contributed by atoms with van der Waals surface area (Å²) in [7, 11) is 0. The van der Waals surface area contributed by atoms with Gasteiger partial charge in [-0.1, -0.05) is 0 Å². The molecule has 1 amide bonds. The van der Waals surface area contributed by atoms with Crippen molar-refractivity contribution in [3.8, 4) is 0 Å². The fourth-order valence-corrected chi connectivity index (χ4v) is 2.06. The van der Waals surface area contributed by atoms with Gasteiger partial charge in [0.2, 0.25) is 5.91 Å². The smallest absolute Gasteiger partial charge is 0.229 e. The molecule has 0 radical (unpaired) electrons. The van der Waals surface area contributed by atoms with Crippen LogP contribution in [0, 0.1) is 12.8 Å². The van der Waals surface area contributed by atoms with Crippen molar-refractivity contribution in [3.05, 3.63) is 24.0 Å². The first-order valence-electron chi connectivity index (χ1n) is 5.63. The third-order valence-corrected chi connectivity index (χ3v) is 3.14. The van der Waals surface area contributed by atoms with Crippen LogP contribution in [0.15, 0.2) is 18.5 Å². The molecule has 0 saturated carbocycles. The molecular weight excluding hydrogens is 202 g/mol. The first kappa shape index (κ1) is 11.1. The molecule has 4 nitrogen and oxygen atoms in total. The van der Waals surface area contributed by atoms with E-state index >= 15 is 0 Å². The van der Waals surface area contributed by atoms with Crippen molar-refractivity contribution in [2.24, 2.45) is 5.92 Å². The van der Waals surface area contributed by atoms with E-state index in [9.17, 15) is 4.79 Å². The van der Waals surface area contributed by atoms with E-state index < -0.39 is 0 Å². The van der Waals surface area contributed by atoms with Gasteiger partial charge in [0.1, 0.15) is 0 Å². The molecule has 1 aliphatic rings. The topological polar surface area (TPSA) is 54.0 Å². The lowest BCUT2D eigenvalue weighted by molar-refractivity contribution is -0.120. The number of nitrogens with zero attached hydrogens (tertiary/aromatic N) is 1. The Labute approximate surface area is 95.5 Å². The van der Waals surface area contributed by atoms with E-state index in [1.54, 1.807) is 12.4 Å². The maximum atomic E-state index is 12.0. The second kappa shape index (κ2) is 4.61. The van der Waals surface area contributed by atoms with E-state index in [0.29, 0.717) is 0 Å². The van der Waals surface area contributed by atoms with Crippen LogP contribution in [0.5, 0.6) is 0 Å². The van der Waals surface area contributed by atoms with Crippen molar-refractivity contribution in [3.63, 3.8) is 0 Å². The second-order valence-corrected chi connectivity index (χ2v) is 4.32. The van der Waals surface area contributed by atoms with Crippen LogP contribution in [-0.4, -0.2) is 23.5 Å². The number of carbonyl (C=O) groups is 1. The van der Waals surface area contributed by atoms with Crippen molar-refractivity contribution >= 4 is 11.6 Å². The molecule has 1 saturated heterocycles. The number of anilines is 1. The van der Waals surface area contributed by atoms with Gasteiger partial charge in [-0.15, -0.1) is 0 Å². The minimum absolute atomic E-state index is 0.0764. The number of rotatable bonds is 2. The fraction of sp³-hybridized carbons (Fsp3) is 0.500. The highest BCUT2D eigenvalue weighted by atomic mass is 16.1. The third kappa shape index (κ3) is 2.22. The molecule has 0 bridgehead atoms. The van der Waals surface area contributed by atoms with Gasteiger partial charge in [0.05, 0.1) is 5.92 Å². The molecule has 1 aliphatic heterocycles. The maximum absolute atomic E-state index is 12.0. The Hall–Kier alpha value is -1.42. The first-order chi connectivity index (χ1) is 7.68. The number of amides is 1. The lowest BCUT2D eigenvalue weighted by Crippen LogP contribution is -2.32. The number of carbonyl (C=O) groups excluding carboxylic acids is 1. The van der Waals surface area contributed by atoms with E-state index in [1.165, 1.54) is 0 Å². The van der Waals surface area contributed by atoms with Crippen LogP contribution in [0.25, 0.3) is 0 Å². The molecule has 0 aliphatic carbocycles. The van der Waals surface area contributed by atoms with Crippen molar-refractivity contribution in [2.45, 2.75) is 26.3 Å². The minimum Gasteiger partial charge on any atom is -0.325 e. The Morgan fingerprint density at radius 3 is 3.06 bits per heavy atom. The van der Waals surface area contributed by atoms with Crippen LogP contribution < -0.4 is 10.6 Å². The Morgan fingerprint density at radius 1 is 1.62 bits per heavy atom. The summed E-state index contributed by atoms with van der Waals surface area (Å²) in [6.07, 6.45) is 4.36. The number of hydrogen-bond donors (Lipinski definition) is 2. The predicted molar refractivity (Wildman–Crippen MR) is 63.2 cm³/mol. The standard InChI is InChI=1S/C12H17N3O/c1-8-7-13-5-4-11(8)15-12(16)10-3-6-14-9(10)2/h4-5,7,9-10,14H,3,6H2,1-2H3,(H,13,15,16). The molecule has 1 aromatic rings. The molecule has 2 unspecified atom stereocenters. The van der Waals surface area contributed by atoms with Gasteiger partial charge >= 0.3 is 0 Å². The van der Waals surface area contributed by atoms with Gasteiger partial charge < -0.3 is 10.6 Å². The Kier molecular flexibility index (Phi) is 3.19. The molecule has 0 spiro atoms. The Bertz CT molecular complexity index is 392. The summed E-state index contributed by atoms with van der Waals surface area (Å²) in [5, 5.41) is 6.24. The highest BCUT2D eigenvalue weighted by molar-refractivity contribution is 5.93. The molecule has 2 heterocycles. The highest BCUT2D eigenvalue weighted by Gasteiger charge is 2.29. The van der Waals surface area contributed by atoms with E-state index in [4.69, 9.17) is 0 Å². The summed E-state index contributed by atoms with van der Waals surface area (Å²) in [6.45, 7) is 4.92. The van der Waals surface area contributed by atoms with Gasteiger partial charge in [0.15, 0.2) is 0 Å². The number of nitrogens with one attached hydrogen (secondary N) is 2. The number of aromatic nitrogens is 1. The first-order valence-corrected chi connectivity index (χ1v) is 5.63. The maximum Gasteiger partial charge on any atom is 0.229 e. The molecule has 86 valence electrons. The molecule has 2 rings (SSSR count). The van der Waals surface area contributed by atoms with Crippen molar-refractivity contribution in [2.75, 3.05) is 11.9 Å². The molecule has 0 aromatic carbocycles. The monoisotopic (exact) mass is 219 g/mol. The Morgan fingerprint density at radius 2 is 2.44 bits per heavy atom.